The lowest BCUT2D eigenvalue weighted by atomic mass is 9.97. The lowest BCUT2D eigenvalue weighted by molar-refractivity contribution is -0.137. The fourth-order valence-corrected chi connectivity index (χ4v) is 2.64. The number of carboxylic acids is 1. The predicted molar refractivity (Wildman–Crippen MR) is 80.4 cm³/mol. The molecule has 0 aromatic carbocycles. The Morgan fingerprint density at radius 1 is 1.13 bits per heavy atom. The Balaban J connectivity index is 4.36. The fourth-order valence-electron chi connectivity index (χ4n) is 2.12. The minimum absolute atomic E-state index is 0.0133. The van der Waals surface area contributed by atoms with Crippen molar-refractivity contribution in [3.05, 3.63) is 0 Å². The average Bonchev–Trinajstić information content (AvgIpc) is 2.37. The summed E-state index contributed by atoms with van der Waals surface area (Å²) in [6.45, 7) is 3.64. The number of carbonyl (C=O) groups excluding carboxylic acids is 1. The highest BCUT2D eigenvalue weighted by atomic mass is 32.3. The number of hydrogen-bond acceptors (Lipinski definition) is 7. The van der Waals surface area contributed by atoms with Crippen LogP contribution in [-0.2, 0) is 24.2 Å². The maximum Gasteiger partial charge on any atom is 0.303 e. The zero-order valence-corrected chi connectivity index (χ0v) is 14.3. The van der Waals surface area contributed by atoms with Gasteiger partial charge in [-0.25, -0.2) is 8.42 Å². The molecule has 0 aliphatic rings. The molecule has 0 bridgehead atoms. The second kappa shape index (κ2) is 10.7. The van der Waals surface area contributed by atoms with Crippen molar-refractivity contribution >= 4 is 22.2 Å². The molecule has 0 saturated heterocycles. The lowest BCUT2D eigenvalue weighted by Gasteiger charge is -2.25. The first-order valence-corrected chi connectivity index (χ1v) is 8.90. The van der Waals surface area contributed by atoms with E-state index >= 15 is 0 Å². The van der Waals surface area contributed by atoms with Gasteiger partial charge in [-0.15, -0.1) is 0 Å². The second-order valence-corrected chi connectivity index (χ2v) is 6.93. The van der Waals surface area contributed by atoms with E-state index in [1.165, 1.54) is 0 Å². The first-order chi connectivity index (χ1) is 10.5. The lowest BCUT2D eigenvalue weighted by Crippen LogP contribution is -2.33. The summed E-state index contributed by atoms with van der Waals surface area (Å²) in [5.74, 6) is -1.05. The summed E-state index contributed by atoms with van der Waals surface area (Å²) in [5, 5.41) is 18.4. The molecule has 0 aliphatic heterocycles. The zero-order valence-electron chi connectivity index (χ0n) is 13.4. The van der Waals surface area contributed by atoms with E-state index in [9.17, 15) is 27.7 Å². The van der Waals surface area contributed by atoms with Crippen molar-refractivity contribution in [1.82, 2.24) is 0 Å². The summed E-state index contributed by atoms with van der Waals surface area (Å²) in [6, 6.07) is 0. The Morgan fingerprint density at radius 3 is 2.17 bits per heavy atom. The topological polar surface area (TPSA) is 141 Å². The number of unbranched alkanes of at least 4 members (excludes halogenated alkanes) is 1. The van der Waals surface area contributed by atoms with E-state index in [0.717, 1.165) is 0 Å². The molecule has 0 rings (SSSR count). The molecule has 0 fully saturated rings. The van der Waals surface area contributed by atoms with Gasteiger partial charge < -0.3 is 14.8 Å². The summed E-state index contributed by atoms with van der Waals surface area (Å²) in [6.07, 6.45) is -1.31. The Bertz CT molecular complexity index is 471. The number of hydrogen-bond donors (Lipinski definition) is 2. The summed E-state index contributed by atoms with van der Waals surface area (Å²) in [7, 11) is -4.97. The molecule has 2 N–H and O–H groups in total. The molecule has 8 nitrogen and oxygen atoms in total. The van der Waals surface area contributed by atoms with Gasteiger partial charge in [0.05, 0.1) is 6.10 Å². The molecule has 2 atom stereocenters. The van der Waals surface area contributed by atoms with Gasteiger partial charge in [-0.05, 0) is 31.6 Å². The first kappa shape index (κ1) is 22.0. The zero-order chi connectivity index (χ0) is 18.0. The number of aliphatic carboxylic acids is 1. The smallest absolute Gasteiger partial charge is 0.303 e. The molecule has 0 aromatic rings. The SMILES string of the molecule is CC(C)CC(O)C(CCC(=O)CCCCC(=O)O)OS(=O)(=O)[O-]. The number of carboxylic acid groups (broad SMARTS) is 1. The normalized spacial score (nSPS) is 14.7. The van der Waals surface area contributed by atoms with Crippen LogP contribution in [0.25, 0.3) is 0 Å². The Kier molecular flexibility index (Phi) is 10.2. The molecule has 9 heteroatoms. The van der Waals surface area contributed by atoms with Crippen molar-refractivity contribution in [3.8, 4) is 0 Å². The third-order valence-corrected chi connectivity index (χ3v) is 3.67. The average molecular weight is 353 g/mol. The minimum Gasteiger partial charge on any atom is -0.726 e. The van der Waals surface area contributed by atoms with Gasteiger partial charge in [-0.3, -0.25) is 13.8 Å². The molecule has 0 amide bonds. The number of carbonyl (C=O) groups is 2. The van der Waals surface area contributed by atoms with E-state index in [0.29, 0.717) is 12.8 Å². The van der Waals surface area contributed by atoms with Crippen molar-refractivity contribution < 1.29 is 37.0 Å². The number of aliphatic hydroxyl groups is 1. The molecular weight excluding hydrogens is 328 g/mol. The van der Waals surface area contributed by atoms with Crippen molar-refractivity contribution in [2.24, 2.45) is 5.92 Å². The van der Waals surface area contributed by atoms with Crippen LogP contribution in [0.2, 0.25) is 0 Å². The molecule has 23 heavy (non-hydrogen) atoms. The Hall–Kier alpha value is -1.03. The number of rotatable bonds is 13. The van der Waals surface area contributed by atoms with Gasteiger partial charge in [0.1, 0.15) is 11.9 Å². The van der Waals surface area contributed by atoms with Crippen molar-refractivity contribution in [3.63, 3.8) is 0 Å². The summed E-state index contributed by atoms with van der Waals surface area (Å²) in [5.41, 5.74) is 0. The standard InChI is InChI=1S/C14H26O8S/c1-10(2)9-12(16)13(22-23(19,20)21)8-7-11(15)5-3-4-6-14(17)18/h10,12-13,16H,3-9H2,1-2H3,(H,17,18)(H,19,20,21)/p-1. The van der Waals surface area contributed by atoms with Gasteiger partial charge >= 0.3 is 5.97 Å². The monoisotopic (exact) mass is 353 g/mol. The highest BCUT2D eigenvalue weighted by molar-refractivity contribution is 7.80. The minimum atomic E-state index is -4.97. The highest BCUT2D eigenvalue weighted by Gasteiger charge is 2.24. The van der Waals surface area contributed by atoms with Crippen LogP contribution < -0.4 is 0 Å². The van der Waals surface area contributed by atoms with Crippen molar-refractivity contribution in [2.75, 3.05) is 0 Å². The van der Waals surface area contributed by atoms with Gasteiger partial charge in [0.25, 0.3) is 0 Å². The molecular formula is C14H25O8S-. The Morgan fingerprint density at radius 2 is 1.70 bits per heavy atom. The number of ketones is 1. The van der Waals surface area contributed by atoms with E-state index in [4.69, 9.17) is 5.11 Å². The Labute approximate surface area is 136 Å². The van der Waals surface area contributed by atoms with Gasteiger partial charge in [0.2, 0.25) is 10.4 Å². The van der Waals surface area contributed by atoms with E-state index in [2.05, 4.69) is 4.18 Å². The largest absolute Gasteiger partial charge is 0.726 e. The molecule has 0 aromatic heterocycles. The van der Waals surface area contributed by atoms with Crippen LogP contribution in [-0.4, -0.2) is 47.1 Å². The third kappa shape index (κ3) is 13.1. The van der Waals surface area contributed by atoms with Crippen LogP contribution >= 0.6 is 0 Å². The van der Waals surface area contributed by atoms with Crippen LogP contribution in [0.15, 0.2) is 0 Å². The summed E-state index contributed by atoms with van der Waals surface area (Å²) in [4.78, 5) is 22.0. The molecule has 0 radical (unpaired) electrons. The summed E-state index contributed by atoms with van der Waals surface area (Å²) < 4.78 is 36.5. The molecule has 0 spiro atoms. The van der Waals surface area contributed by atoms with E-state index in [-0.39, 0.29) is 43.8 Å². The highest BCUT2D eigenvalue weighted by Crippen LogP contribution is 2.18. The van der Waals surface area contributed by atoms with Gasteiger partial charge in [-0.2, -0.15) is 0 Å². The maximum atomic E-state index is 11.7. The van der Waals surface area contributed by atoms with E-state index in [1.54, 1.807) is 0 Å². The van der Waals surface area contributed by atoms with Gasteiger partial charge in [0, 0.05) is 19.3 Å². The van der Waals surface area contributed by atoms with Gasteiger partial charge in [0.15, 0.2) is 0 Å². The van der Waals surface area contributed by atoms with Crippen LogP contribution in [0.4, 0.5) is 0 Å². The molecule has 136 valence electrons. The first-order valence-electron chi connectivity index (χ1n) is 7.57. The van der Waals surface area contributed by atoms with E-state index < -0.39 is 28.6 Å². The van der Waals surface area contributed by atoms with Crippen LogP contribution in [0.1, 0.15) is 58.8 Å². The van der Waals surface area contributed by atoms with Crippen molar-refractivity contribution in [2.45, 2.75) is 71.0 Å². The fraction of sp³-hybridized carbons (Fsp3) is 0.857. The van der Waals surface area contributed by atoms with Crippen LogP contribution in [0.3, 0.4) is 0 Å². The van der Waals surface area contributed by atoms with Crippen LogP contribution in [0.5, 0.6) is 0 Å². The number of Topliss-reactive ketones (excluding diaryl/α,β-unsaturated/α-hetero) is 1. The second-order valence-electron chi connectivity index (χ2n) is 5.92. The number of aliphatic hydroxyl groups excluding tert-OH is 1. The summed E-state index contributed by atoms with van der Waals surface area (Å²) >= 11 is 0. The van der Waals surface area contributed by atoms with E-state index in [1.807, 2.05) is 13.8 Å². The predicted octanol–water partition coefficient (Wildman–Crippen LogP) is 1.23. The molecule has 0 aliphatic carbocycles. The van der Waals surface area contributed by atoms with Crippen LogP contribution in [0, 0.1) is 5.92 Å². The molecule has 2 unspecified atom stereocenters. The maximum absolute atomic E-state index is 11.7. The third-order valence-electron chi connectivity index (χ3n) is 3.19. The molecule has 0 saturated carbocycles. The van der Waals surface area contributed by atoms with Gasteiger partial charge in [-0.1, -0.05) is 13.8 Å². The van der Waals surface area contributed by atoms with Crippen molar-refractivity contribution in [1.29, 1.82) is 0 Å². The quantitative estimate of drug-likeness (QED) is 0.286. The molecule has 0 heterocycles.